The number of carboxylic acid groups (broad SMARTS) is 1. The molecule has 0 radical (unpaired) electrons. The van der Waals surface area contributed by atoms with Gasteiger partial charge in [0.1, 0.15) is 36.4 Å². The second-order valence-corrected chi connectivity index (χ2v) is 14.4. The summed E-state index contributed by atoms with van der Waals surface area (Å²) in [5.41, 5.74) is 3.74. The van der Waals surface area contributed by atoms with Crippen LogP contribution in [0.4, 0.5) is 17.1 Å². The van der Waals surface area contributed by atoms with Crippen molar-refractivity contribution < 1.29 is 28.8 Å². The van der Waals surface area contributed by atoms with Gasteiger partial charge in [-0.2, -0.15) is 5.26 Å². The molecule has 52 heavy (non-hydrogen) atoms. The highest BCUT2D eigenvalue weighted by Gasteiger charge is 2.26. The van der Waals surface area contributed by atoms with Crippen LogP contribution in [-0.4, -0.2) is 37.5 Å². The molecule has 0 fully saturated rings. The minimum absolute atomic E-state index is 0.353. The number of thiophene rings is 2. The summed E-state index contributed by atoms with van der Waals surface area (Å²) in [6.07, 6.45) is 8.07. The van der Waals surface area contributed by atoms with Gasteiger partial charge in [-0.05, 0) is 97.3 Å². The number of rotatable bonds is 17. The molecule has 5 aromatic rings. The molecule has 1 N–H and O–H groups in total. The fraction of sp³-hybridized carbons (Fsp3) is 0.286. The zero-order chi connectivity index (χ0) is 36.3. The number of ether oxygens (including phenoxy) is 4. The Hall–Kier alpha value is -5.24. The number of nitrogens with zero attached hydrogens (tertiary/aromatic N) is 2. The van der Waals surface area contributed by atoms with Crippen molar-refractivity contribution in [1.82, 2.24) is 0 Å². The van der Waals surface area contributed by atoms with Crippen molar-refractivity contribution >= 4 is 51.8 Å². The Kier molecular flexibility index (Phi) is 12.5. The third kappa shape index (κ3) is 8.79. The van der Waals surface area contributed by atoms with Crippen LogP contribution >= 0.6 is 22.7 Å². The first-order valence-electron chi connectivity index (χ1n) is 17.7. The van der Waals surface area contributed by atoms with E-state index in [0.717, 1.165) is 87.3 Å². The average molecular weight is 735 g/mol. The Bertz CT molecular complexity index is 1950. The van der Waals surface area contributed by atoms with Gasteiger partial charge in [-0.15, -0.1) is 22.7 Å². The second kappa shape index (κ2) is 17.8. The second-order valence-electron chi connectivity index (χ2n) is 12.3. The summed E-state index contributed by atoms with van der Waals surface area (Å²) in [6, 6.07) is 30.9. The molecule has 0 saturated heterocycles. The molecule has 6 rings (SSSR count). The Morgan fingerprint density at radius 3 is 1.79 bits per heavy atom. The topological polar surface area (TPSA) is 101 Å². The molecular weight excluding hydrogens is 693 g/mol. The molecular formula is C42H42N2O6S2. The van der Waals surface area contributed by atoms with Crippen LogP contribution in [0.15, 0.2) is 90.5 Å². The number of carbonyl (C=O) groups is 1. The number of nitriles is 1. The lowest BCUT2D eigenvalue weighted by molar-refractivity contribution is -0.132. The van der Waals surface area contributed by atoms with E-state index >= 15 is 0 Å². The van der Waals surface area contributed by atoms with Crippen LogP contribution in [-0.2, 0) is 4.79 Å². The van der Waals surface area contributed by atoms with Gasteiger partial charge in [0.05, 0.1) is 23.0 Å². The highest BCUT2D eigenvalue weighted by atomic mass is 32.1. The van der Waals surface area contributed by atoms with E-state index in [-0.39, 0.29) is 5.57 Å². The first-order valence-corrected chi connectivity index (χ1v) is 19.4. The number of benzene rings is 3. The molecule has 0 aliphatic carbocycles. The highest BCUT2D eigenvalue weighted by Crippen LogP contribution is 2.52. The fourth-order valence-corrected chi connectivity index (χ4v) is 8.06. The molecule has 2 aromatic heterocycles. The van der Waals surface area contributed by atoms with Crippen molar-refractivity contribution in [2.45, 2.75) is 52.4 Å². The van der Waals surface area contributed by atoms with Gasteiger partial charge >= 0.3 is 5.97 Å². The van der Waals surface area contributed by atoms with E-state index in [4.69, 9.17) is 18.9 Å². The van der Waals surface area contributed by atoms with E-state index in [1.54, 1.807) is 17.4 Å². The van der Waals surface area contributed by atoms with Crippen molar-refractivity contribution in [3.63, 3.8) is 0 Å². The maximum atomic E-state index is 11.5. The molecule has 8 nitrogen and oxygen atoms in total. The number of unbranched alkanes of at least 4 members (excludes halogenated alkanes) is 4. The van der Waals surface area contributed by atoms with E-state index < -0.39 is 5.97 Å². The van der Waals surface area contributed by atoms with Gasteiger partial charge in [-0.1, -0.05) is 51.7 Å². The summed E-state index contributed by atoms with van der Waals surface area (Å²) >= 11 is 2.98. The van der Waals surface area contributed by atoms with Gasteiger partial charge in [0, 0.05) is 26.8 Å². The number of anilines is 3. The Labute approximate surface area is 313 Å². The monoisotopic (exact) mass is 734 g/mol. The zero-order valence-corrected chi connectivity index (χ0v) is 31.1. The van der Waals surface area contributed by atoms with E-state index in [2.05, 4.69) is 73.3 Å². The van der Waals surface area contributed by atoms with Gasteiger partial charge in [0.2, 0.25) is 0 Å². The number of hydrogen-bond acceptors (Lipinski definition) is 9. The quantitative estimate of drug-likeness (QED) is 0.0572. The molecule has 0 saturated carbocycles. The van der Waals surface area contributed by atoms with Crippen molar-refractivity contribution in [3.8, 4) is 49.3 Å². The fourth-order valence-electron chi connectivity index (χ4n) is 5.81. The standard InChI is InChI=1S/C42H42N2O6S2/c1-3-5-7-23-47-34-17-13-32(14-18-34)44(33-15-19-35(20-16-33)48-24-8-6-4-2)31-11-9-29(10-12-31)36-21-22-37(51-36)41-40-39(49-25-26-50-40)38(52-41)27-30(28-43)42(45)46/h9-22,27H,3-8,23-26H2,1-2H3,(H,45,46)/b30-27+. The molecule has 3 heterocycles. The van der Waals surface area contributed by atoms with Crippen LogP contribution in [0, 0.1) is 11.3 Å². The van der Waals surface area contributed by atoms with Crippen molar-refractivity contribution in [3.05, 3.63) is 95.4 Å². The third-order valence-corrected chi connectivity index (χ3v) is 10.9. The first-order chi connectivity index (χ1) is 25.5. The number of fused-ring (bicyclic) bond motifs is 1. The summed E-state index contributed by atoms with van der Waals surface area (Å²) in [7, 11) is 0. The lowest BCUT2D eigenvalue weighted by Crippen LogP contribution is -2.14. The average Bonchev–Trinajstić information content (AvgIpc) is 3.81. The lowest BCUT2D eigenvalue weighted by atomic mass is 10.1. The maximum absolute atomic E-state index is 11.5. The predicted molar refractivity (Wildman–Crippen MR) is 210 cm³/mol. The van der Waals surface area contributed by atoms with Gasteiger partial charge in [0.15, 0.2) is 11.5 Å². The van der Waals surface area contributed by atoms with Crippen LogP contribution < -0.4 is 23.8 Å². The van der Waals surface area contributed by atoms with Crippen LogP contribution in [0.5, 0.6) is 23.0 Å². The van der Waals surface area contributed by atoms with Gasteiger partial charge in [0.25, 0.3) is 0 Å². The summed E-state index contributed by atoms with van der Waals surface area (Å²) < 4.78 is 23.9. The SMILES string of the molecule is CCCCCOc1ccc(N(c2ccc(OCCCCC)cc2)c2ccc(-c3ccc(-c4sc(/C=C(\C#N)C(=O)O)c5c4OCCO5)s3)cc2)cc1. The molecule has 0 atom stereocenters. The van der Waals surface area contributed by atoms with E-state index in [1.807, 2.05) is 30.3 Å². The number of carboxylic acids is 1. The molecule has 0 amide bonds. The number of aliphatic carboxylic acids is 1. The van der Waals surface area contributed by atoms with Crippen molar-refractivity contribution in [2.24, 2.45) is 0 Å². The van der Waals surface area contributed by atoms with Crippen LogP contribution in [0.1, 0.15) is 57.2 Å². The van der Waals surface area contributed by atoms with Crippen LogP contribution in [0.3, 0.4) is 0 Å². The van der Waals surface area contributed by atoms with E-state index in [9.17, 15) is 15.2 Å². The number of hydrogen-bond donors (Lipinski definition) is 1. The lowest BCUT2D eigenvalue weighted by Gasteiger charge is -2.26. The highest BCUT2D eigenvalue weighted by molar-refractivity contribution is 7.24. The van der Waals surface area contributed by atoms with E-state index in [1.165, 1.54) is 17.4 Å². The summed E-state index contributed by atoms with van der Waals surface area (Å²) in [5.74, 6) is 1.50. The molecule has 268 valence electrons. The summed E-state index contributed by atoms with van der Waals surface area (Å²) in [6.45, 7) is 6.55. The Morgan fingerprint density at radius 1 is 0.750 bits per heavy atom. The first kappa shape index (κ1) is 36.5. The molecule has 0 unspecified atom stereocenters. The molecule has 0 spiro atoms. The van der Waals surface area contributed by atoms with Crippen molar-refractivity contribution in [2.75, 3.05) is 31.3 Å². The summed E-state index contributed by atoms with van der Waals surface area (Å²) in [5, 5.41) is 18.7. The van der Waals surface area contributed by atoms with Crippen LogP contribution in [0.25, 0.3) is 26.3 Å². The minimum Gasteiger partial charge on any atom is -0.494 e. The molecule has 1 aliphatic heterocycles. The summed E-state index contributed by atoms with van der Waals surface area (Å²) in [4.78, 5) is 17.2. The third-order valence-electron chi connectivity index (χ3n) is 8.51. The predicted octanol–water partition coefficient (Wildman–Crippen LogP) is 11.5. The normalized spacial score (nSPS) is 12.3. The zero-order valence-electron chi connectivity index (χ0n) is 29.4. The van der Waals surface area contributed by atoms with Gasteiger partial charge in [-0.3, -0.25) is 0 Å². The Morgan fingerprint density at radius 2 is 1.27 bits per heavy atom. The molecule has 3 aromatic carbocycles. The smallest absolute Gasteiger partial charge is 0.346 e. The Balaban J connectivity index is 1.26. The maximum Gasteiger partial charge on any atom is 0.346 e. The van der Waals surface area contributed by atoms with E-state index in [0.29, 0.717) is 42.8 Å². The molecule has 10 heteroatoms. The van der Waals surface area contributed by atoms with Gasteiger partial charge < -0.3 is 29.0 Å². The molecule has 1 aliphatic rings. The molecule has 0 bridgehead atoms. The van der Waals surface area contributed by atoms with Gasteiger partial charge in [-0.25, -0.2) is 4.79 Å². The largest absolute Gasteiger partial charge is 0.494 e. The minimum atomic E-state index is -1.28. The van der Waals surface area contributed by atoms with Crippen LogP contribution in [0.2, 0.25) is 0 Å². The van der Waals surface area contributed by atoms with Crippen molar-refractivity contribution in [1.29, 1.82) is 5.26 Å².